The van der Waals surface area contributed by atoms with E-state index >= 15 is 0 Å². The van der Waals surface area contributed by atoms with Crippen molar-refractivity contribution in [1.29, 1.82) is 5.41 Å². The van der Waals surface area contributed by atoms with E-state index < -0.39 is 40.3 Å². The summed E-state index contributed by atoms with van der Waals surface area (Å²) in [5.41, 5.74) is 1.91. The molecule has 1 unspecified atom stereocenters. The molecular weight excluding hydrogens is 637 g/mol. The van der Waals surface area contributed by atoms with Crippen molar-refractivity contribution in [3.8, 4) is 17.2 Å². The Labute approximate surface area is 270 Å². The van der Waals surface area contributed by atoms with E-state index in [-0.39, 0.29) is 25.4 Å². The first kappa shape index (κ1) is 33.6. The molecule has 0 radical (unpaired) electrons. The van der Waals surface area contributed by atoms with Crippen LogP contribution in [-0.4, -0.2) is 68.2 Å². The van der Waals surface area contributed by atoms with E-state index in [0.29, 0.717) is 17.2 Å². The van der Waals surface area contributed by atoms with Crippen LogP contribution in [0.15, 0.2) is 72.8 Å². The zero-order chi connectivity index (χ0) is 31.7. The maximum atomic E-state index is 13.3. The van der Waals surface area contributed by atoms with Crippen molar-refractivity contribution in [2.24, 2.45) is 0 Å². The number of alkyl halides is 3. The number of halogens is 3. The normalized spacial score (nSPS) is 20.0. The van der Waals surface area contributed by atoms with Crippen molar-refractivity contribution in [2.75, 3.05) is 27.9 Å². The summed E-state index contributed by atoms with van der Waals surface area (Å²) in [6.07, 6.45) is -4.27. The second-order valence-electron chi connectivity index (χ2n) is 9.57. The van der Waals surface area contributed by atoms with Gasteiger partial charge in [0.15, 0.2) is 6.10 Å². The fraction of sp³-hybridized carbons (Fsp3) is 0.355. The molecule has 4 atom stereocenters. The summed E-state index contributed by atoms with van der Waals surface area (Å²) < 4.78 is 43.5. The first-order valence-corrected chi connectivity index (χ1v) is 14.5. The minimum Gasteiger partial charge on any atom is -0.497 e. The number of esters is 1. The zero-order valence-corrected chi connectivity index (χ0v) is 26.4. The lowest BCUT2D eigenvalue weighted by Gasteiger charge is -2.41. The quantitative estimate of drug-likeness (QED) is 0.105. The van der Waals surface area contributed by atoms with Crippen molar-refractivity contribution < 1.29 is 42.7 Å². The van der Waals surface area contributed by atoms with E-state index in [1.165, 1.54) is 7.11 Å². The molecular formula is C31H32Cl3NO9. The maximum Gasteiger partial charge on any atom is 0.338 e. The molecule has 0 aliphatic carbocycles. The van der Waals surface area contributed by atoms with Crippen LogP contribution >= 0.6 is 34.8 Å². The van der Waals surface area contributed by atoms with Gasteiger partial charge in [-0.15, -0.1) is 0 Å². The lowest BCUT2D eigenvalue weighted by molar-refractivity contribution is -0.268. The fourth-order valence-corrected chi connectivity index (χ4v) is 4.39. The summed E-state index contributed by atoms with van der Waals surface area (Å²) in [5, 5.41) is 8.13. The molecule has 1 N–H and O–H groups in total. The van der Waals surface area contributed by atoms with Crippen LogP contribution in [0.3, 0.4) is 0 Å². The Bertz CT molecular complexity index is 1370. The van der Waals surface area contributed by atoms with Gasteiger partial charge >= 0.3 is 5.97 Å². The molecule has 0 amide bonds. The average Bonchev–Trinajstić information content (AvgIpc) is 3.04. The summed E-state index contributed by atoms with van der Waals surface area (Å²) in [4.78, 5) is 13.3. The number of hydrogen-bond donors (Lipinski definition) is 1. The van der Waals surface area contributed by atoms with E-state index in [4.69, 9.17) is 78.1 Å². The van der Waals surface area contributed by atoms with Gasteiger partial charge in [0, 0.05) is 0 Å². The largest absolute Gasteiger partial charge is 0.497 e. The molecule has 0 spiro atoms. The molecule has 1 fully saturated rings. The molecule has 44 heavy (non-hydrogen) atoms. The fourth-order valence-electron chi connectivity index (χ4n) is 4.26. The van der Waals surface area contributed by atoms with E-state index in [0.717, 1.165) is 11.1 Å². The molecule has 13 heteroatoms. The highest BCUT2D eigenvalue weighted by molar-refractivity contribution is 6.76. The minimum atomic E-state index is -2.19. The predicted octanol–water partition coefficient (Wildman–Crippen LogP) is 6.13. The van der Waals surface area contributed by atoms with Gasteiger partial charge in [0.1, 0.15) is 29.5 Å². The Morgan fingerprint density at radius 2 is 1.23 bits per heavy atom. The van der Waals surface area contributed by atoms with E-state index in [2.05, 4.69) is 0 Å². The van der Waals surface area contributed by atoms with Crippen LogP contribution in [-0.2, 0) is 36.9 Å². The monoisotopic (exact) mass is 667 g/mol. The molecule has 0 bridgehead atoms. The second kappa shape index (κ2) is 15.7. The molecule has 3 aromatic carbocycles. The van der Waals surface area contributed by atoms with Crippen molar-refractivity contribution in [3.63, 3.8) is 0 Å². The number of nitrogens with one attached hydrogen (secondary N) is 1. The van der Waals surface area contributed by atoms with E-state index in [9.17, 15) is 4.79 Å². The highest BCUT2D eigenvalue weighted by Gasteiger charge is 2.48. The zero-order valence-electron chi connectivity index (χ0n) is 24.2. The van der Waals surface area contributed by atoms with Gasteiger partial charge < -0.3 is 37.9 Å². The molecule has 1 aliphatic rings. The van der Waals surface area contributed by atoms with Gasteiger partial charge in [-0.2, -0.15) is 0 Å². The summed E-state index contributed by atoms with van der Waals surface area (Å²) in [7, 11) is 4.68. The smallest absolute Gasteiger partial charge is 0.338 e. The third-order valence-electron chi connectivity index (χ3n) is 6.67. The van der Waals surface area contributed by atoms with Crippen LogP contribution in [0.5, 0.6) is 17.2 Å². The Hall–Kier alpha value is -3.25. The van der Waals surface area contributed by atoms with Crippen molar-refractivity contribution in [1.82, 2.24) is 0 Å². The van der Waals surface area contributed by atoms with Crippen LogP contribution in [0.4, 0.5) is 0 Å². The molecule has 4 rings (SSSR count). The lowest BCUT2D eigenvalue weighted by atomic mass is 10.0. The number of ether oxygens (including phenoxy) is 8. The van der Waals surface area contributed by atoms with Crippen LogP contribution < -0.4 is 14.2 Å². The highest BCUT2D eigenvalue weighted by Crippen LogP contribution is 2.32. The Morgan fingerprint density at radius 1 is 0.750 bits per heavy atom. The van der Waals surface area contributed by atoms with Gasteiger partial charge in [-0.05, 0) is 59.7 Å². The topological polar surface area (TPSA) is 115 Å². The number of rotatable bonds is 12. The molecule has 3 aromatic rings. The highest BCUT2D eigenvalue weighted by atomic mass is 35.6. The summed E-state index contributed by atoms with van der Waals surface area (Å²) in [6.45, 7) is 0.259. The lowest BCUT2D eigenvalue weighted by Crippen LogP contribution is -2.58. The molecule has 0 aromatic heterocycles. The molecule has 1 aliphatic heterocycles. The SMILES string of the molecule is COc1ccc(CO[C@H]2[C@H](OCc3ccc(OC)cc3)COC(OC(=N)C(Cl)(Cl)Cl)[C@@H]2OC(=O)c2ccc(OC)cc2)cc1. The van der Waals surface area contributed by atoms with Crippen molar-refractivity contribution in [2.45, 2.75) is 41.6 Å². The Kier molecular flexibility index (Phi) is 12.0. The van der Waals surface area contributed by atoms with Gasteiger partial charge in [0.05, 0.1) is 46.7 Å². The van der Waals surface area contributed by atoms with Gasteiger partial charge in [0.2, 0.25) is 12.2 Å². The number of hydrogen-bond acceptors (Lipinski definition) is 10. The number of methoxy groups -OCH3 is 3. The molecule has 236 valence electrons. The number of carbonyl (C=O) groups is 1. The van der Waals surface area contributed by atoms with Gasteiger partial charge in [-0.1, -0.05) is 59.1 Å². The molecule has 1 saturated heterocycles. The molecule has 0 saturated carbocycles. The van der Waals surface area contributed by atoms with Crippen LogP contribution in [0.1, 0.15) is 21.5 Å². The van der Waals surface area contributed by atoms with Gasteiger partial charge in [-0.3, -0.25) is 5.41 Å². The van der Waals surface area contributed by atoms with Crippen LogP contribution in [0.25, 0.3) is 0 Å². The average molecular weight is 669 g/mol. The predicted molar refractivity (Wildman–Crippen MR) is 164 cm³/mol. The summed E-state index contributed by atoms with van der Waals surface area (Å²) in [6, 6.07) is 21.0. The van der Waals surface area contributed by atoms with Crippen molar-refractivity contribution >= 4 is 46.7 Å². The maximum absolute atomic E-state index is 13.3. The molecule has 1 heterocycles. The first-order valence-electron chi connectivity index (χ1n) is 13.4. The standard InChI is InChI=1S/C31H32Cl3NO9/c1-37-22-10-4-19(5-11-22)16-40-25-18-42-29(44-30(35)31(32,33)34)27(43-28(36)21-8-14-24(39-3)15-9-21)26(25)41-17-20-6-12-23(38-2)13-7-20/h4-15,25-27,29,35H,16-18H2,1-3H3/t25-,26+,27-,29?/m1/s1. The van der Waals surface area contributed by atoms with Crippen LogP contribution in [0.2, 0.25) is 0 Å². The van der Waals surface area contributed by atoms with Gasteiger partial charge in [-0.25, -0.2) is 4.79 Å². The van der Waals surface area contributed by atoms with Crippen molar-refractivity contribution in [3.05, 3.63) is 89.5 Å². The van der Waals surface area contributed by atoms with Gasteiger partial charge in [0.25, 0.3) is 3.79 Å². The first-order chi connectivity index (χ1) is 21.1. The summed E-state index contributed by atoms with van der Waals surface area (Å²) in [5.74, 6) is 0.532. The van der Waals surface area contributed by atoms with E-state index in [1.54, 1.807) is 50.6 Å². The molecule has 10 nitrogen and oxygen atoms in total. The Morgan fingerprint density at radius 3 is 1.70 bits per heavy atom. The number of carbonyl (C=O) groups excluding carboxylic acids is 1. The van der Waals surface area contributed by atoms with Crippen LogP contribution in [0, 0.1) is 5.41 Å². The summed E-state index contributed by atoms with van der Waals surface area (Å²) >= 11 is 17.6. The minimum absolute atomic E-state index is 0.0438. The number of benzene rings is 3. The third-order valence-corrected chi connectivity index (χ3v) is 7.18. The second-order valence-corrected chi connectivity index (χ2v) is 11.8. The van der Waals surface area contributed by atoms with E-state index in [1.807, 2.05) is 36.4 Å². The Balaban J connectivity index is 1.62. The third kappa shape index (κ3) is 9.13.